The molecule has 0 atom stereocenters. The summed E-state index contributed by atoms with van der Waals surface area (Å²) in [6.07, 6.45) is 4.69. The number of pyridine rings is 1. The van der Waals surface area contributed by atoms with Gasteiger partial charge in [-0.25, -0.2) is 0 Å². The van der Waals surface area contributed by atoms with Crippen LogP contribution in [0.1, 0.15) is 31.2 Å². The Morgan fingerprint density at radius 1 is 1.00 bits per heavy atom. The number of urea groups is 1. The first-order valence-corrected chi connectivity index (χ1v) is 15.7. The Labute approximate surface area is 237 Å². The molecule has 2 aliphatic rings. The van der Waals surface area contributed by atoms with E-state index in [1.54, 1.807) is 12.1 Å². The molecule has 1 aliphatic heterocycles. The second-order valence-electron chi connectivity index (χ2n) is 9.96. The summed E-state index contributed by atoms with van der Waals surface area (Å²) >= 11 is -0.569. The van der Waals surface area contributed by atoms with Crippen molar-refractivity contribution >= 4 is 34.5 Å². The molecule has 2 N–H and O–H groups in total. The Bertz CT molecular complexity index is 1490. The number of fused-ring (bicyclic) bond motifs is 1. The number of hydrogen-bond acceptors (Lipinski definition) is 6. The van der Waals surface area contributed by atoms with E-state index in [1.165, 1.54) is 25.0 Å². The fourth-order valence-electron chi connectivity index (χ4n) is 4.97. The molecule has 1 saturated carbocycles. The van der Waals surface area contributed by atoms with Gasteiger partial charge < -0.3 is 0 Å². The van der Waals surface area contributed by atoms with Crippen LogP contribution in [0.2, 0.25) is 0 Å². The van der Waals surface area contributed by atoms with E-state index in [0.717, 1.165) is 52.2 Å². The quantitative estimate of drug-likeness (QED) is 0.152. The van der Waals surface area contributed by atoms with Crippen LogP contribution >= 0.6 is 0 Å². The molecule has 0 bridgehead atoms. The molecule has 6 rings (SSSR count). The number of carbonyl (C=O) groups is 1. The number of rotatable bonds is 5. The van der Waals surface area contributed by atoms with Gasteiger partial charge in [0.1, 0.15) is 0 Å². The number of hydrogen-bond donors (Lipinski definition) is 2. The van der Waals surface area contributed by atoms with Crippen LogP contribution in [0.3, 0.4) is 0 Å². The molecule has 8 nitrogen and oxygen atoms in total. The number of halogens is 2. The Kier molecular flexibility index (Phi) is 7.45. The molecule has 1 aliphatic carbocycles. The average Bonchev–Trinajstić information content (AvgIpc) is 3.46. The second kappa shape index (κ2) is 11.3. The number of aryl methyl sites for hydroxylation is 1. The van der Waals surface area contributed by atoms with Gasteiger partial charge in [-0.15, -0.1) is 0 Å². The Balaban J connectivity index is 1.26. The third-order valence-corrected chi connectivity index (χ3v) is 9.94. The topological polar surface area (TPSA) is 86.3 Å². The van der Waals surface area contributed by atoms with E-state index < -0.39 is 21.5 Å². The van der Waals surface area contributed by atoms with E-state index in [2.05, 4.69) is 13.7 Å². The van der Waals surface area contributed by atoms with Gasteiger partial charge in [0.15, 0.2) is 0 Å². The van der Waals surface area contributed by atoms with E-state index in [1.807, 2.05) is 48.2 Å². The maximum atomic E-state index is 13.5. The van der Waals surface area contributed by atoms with Gasteiger partial charge in [-0.3, -0.25) is 0 Å². The van der Waals surface area contributed by atoms with Crippen LogP contribution in [-0.2, 0) is 0 Å². The zero-order valence-electron chi connectivity index (χ0n) is 21.7. The first kappa shape index (κ1) is 25.7. The summed E-state index contributed by atoms with van der Waals surface area (Å²) in [5.74, 6) is 1.15. The van der Waals surface area contributed by atoms with Gasteiger partial charge in [-0.05, 0) is 0 Å². The van der Waals surface area contributed by atoms with Gasteiger partial charge >= 0.3 is 238 Å². The number of nitrogens with zero attached hydrogens (tertiary/aromatic N) is 5. The van der Waals surface area contributed by atoms with E-state index in [4.69, 9.17) is 15.0 Å². The molecule has 39 heavy (non-hydrogen) atoms. The minimum absolute atomic E-state index is 0.0761. The number of anilines is 3. The van der Waals surface area contributed by atoms with Crippen LogP contribution in [0.25, 0.3) is 22.3 Å². The van der Waals surface area contributed by atoms with Crippen LogP contribution < -0.4 is 35.2 Å². The molecule has 0 unspecified atom stereocenters. The normalized spacial score (nSPS) is 16.3. The zero-order chi connectivity index (χ0) is 26.8. The average molecular weight is 639 g/mol. The second-order valence-corrected chi connectivity index (χ2v) is 12.5. The van der Waals surface area contributed by atoms with Crippen molar-refractivity contribution in [1.82, 2.24) is 19.9 Å². The Hall–Kier alpha value is -3.54. The van der Waals surface area contributed by atoms with Crippen molar-refractivity contribution in [2.24, 2.45) is 0 Å². The first-order chi connectivity index (χ1) is 19.0. The summed E-state index contributed by atoms with van der Waals surface area (Å²) in [4.78, 5) is 29.6. The third-order valence-electron chi connectivity index (χ3n) is 7.05. The fraction of sp³-hybridized carbons (Fsp3) is 0.310. The van der Waals surface area contributed by atoms with Crippen molar-refractivity contribution in [3.8, 4) is 11.3 Å². The molecular weight excluding hydrogens is 608 g/mol. The van der Waals surface area contributed by atoms with Crippen molar-refractivity contribution in [3.05, 3.63) is 72.0 Å². The molecule has 2 aromatic carbocycles. The Morgan fingerprint density at radius 3 is 2.56 bits per heavy atom. The monoisotopic (exact) mass is 638 g/mol. The van der Waals surface area contributed by atoms with Crippen LogP contribution in [0.4, 0.5) is 26.6 Å². The van der Waals surface area contributed by atoms with E-state index in [9.17, 15) is 9.18 Å². The molecule has 202 valence electrons. The standard InChI is InChI=1S/C29H30FIN7O/c1-19-5-4-8-23(17-19)33-29(39)37-15-16-38(31-18-37)27-26-25(35-28(36-27)32-22-6-2-3-7-22)14-13-24(34-26)20-9-11-21(30)12-10-20/h4-5,8-14,17,22H,2-3,6-7,15-16,18H2,1H3,(H,33,39)(H,32,35,36)/q-1. The van der Waals surface area contributed by atoms with Gasteiger partial charge in [0.25, 0.3) is 0 Å². The molecule has 2 amide bonds. The van der Waals surface area contributed by atoms with Crippen molar-refractivity contribution < 1.29 is 30.7 Å². The number of carbonyl (C=O) groups excluding carboxylic acids is 1. The minimum atomic E-state index is -0.569. The fourth-order valence-corrected chi connectivity index (χ4v) is 7.57. The van der Waals surface area contributed by atoms with Crippen LogP contribution in [0, 0.1) is 12.7 Å². The van der Waals surface area contributed by atoms with Gasteiger partial charge in [-0.1, -0.05) is 0 Å². The number of amides is 2. The number of nitrogens with one attached hydrogen (secondary N) is 2. The van der Waals surface area contributed by atoms with Crippen LogP contribution in [0.5, 0.6) is 0 Å². The molecule has 10 heteroatoms. The zero-order valence-corrected chi connectivity index (χ0v) is 23.9. The van der Waals surface area contributed by atoms with Gasteiger partial charge in [0.05, 0.1) is 0 Å². The molecule has 2 fully saturated rings. The van der Waals surface area contributed by atoms with Gasteiger partial charge in [-0.2, -0.15) is 0 Å². The summed E-state index contributed by atoms with van der Waals surface area (Å²) in [5.41, 5.74) is 5.00. The van der Waals surface area contributed by atoms with E-state index in [0.29, 0.717) is 29.6 Å². The number of alkyl halides is 1. The van der Waals surface area contributed by atoms with Crippen LogP contribution in [-0.4, -0.2) is 49.6 Å². The first-order valence-electron chi connectivity index (χ1n) is 13.2. The molecule has 0 spiro atoms. The van der Waals surface area contributed by atoms with Gasteiger partial charge in [0.2, 0.25) is 0 Å². The number of aromatic nitrogens is 3. The van der Waals surface area contributed by atoms with Crippen molar-refractivity contribution in [2.45, 2.75) is 38.6 Å². The summed E-state index contributed by atoms with van der Waals surface area (Å²) in [5, 5.41) is 6.57. The molecule has 3 heterocycles. The third kappa shape index (κ3) is 5.90. The molecule has 2 aromatic heterocycles. The summed E-state index contributed by atoms with van der Waals surface area (Å²) in [7, 11) is 0. The summed E-state index contributed by atoms with van der Waals surface area (Å²) < 4.78 is 16.5. The Morgan fingerprint density at radius 2 is 1.82 bits per heavy atom. The maximum absolute atomic E-state index is 13.5. The van der Waals surface area contributed by atoms with E-state index >= 15 is 0 Å². The molecular formula is C29H30FIN7O-. The predicted molar refractivity (Wildman–Crippen MR) is 148 cm³/mol. The van der Waals surface area contributed by atoms with Gasteiger partial charge in [0, 0.05) is 0 Å². The van der Waals surface area contributed by atoms with Crippen molar-refractivity contribution in [3.63, 3.8) is 0 Å². The summed E-state index contributed by atoms with van der Waals surface area (Å²) in [6.45, 7) is 3.27. The molecule has 4 aromatic rings. The number of benzene rings is 2. The van der Waals surface area contributed by atoms with Crippen molar-refractivity contribution in [2.75, 3.05) is 31.4 Å². The van der Waals surface area contributed by atoms with Crippen LogP contribution in [0.15, 0.2) is 60.7 Å². The summed E-state index contributed by atoms with van der Waals surface area (Å²) in [6, 6.07) is 18.4. The van der Waals surface area contributed by atoms with Crippen molar-refractivity contribution in [1.29, 1.82) is 0 Å². The van der Waals surface area contributed by atoms with E-state index in [-0.39, 0.29) is 11.8 Å². The predicted octanol–water partition coefficient (Wildman–Crippen LogP) is 2.81. The SMILES string of the molecule is Cc1cccc(NC(=O)N2CCN(c3nc(NC4CCCC4)nc4ccc(-c5ccc(F)cc5)nc34)[I-]C2)c1. The molecule has 1 saturated heterocycles. The molecule has 0 radical (unpaired) electrons.